The van der Waals surface area contributed by atoms with Crippen LogP contribution >= 0.6 is 24.0 Å². The summed E-state index contributed by atoms with van der Waals surface area (Å²) in [6, 6.07) is 5.79. The second-order valence-electron chi connectivity index (χ2n) is 10.3. The number of amides is 1. The van der Waals surface area contributed by atoms with Crippen LogP contribution in [0, 0.1) is 0 Å². The molecule has 6 nitrogen and oxygen atoms in total. The summed E-state index contributed by atoms with van der Waals surface area (Å²) in [5.74, 6) is 0.651. The second-order valence-corrected chi connectivity index (χ2v) is 12.0. The third kappa shape index (κ3) is 12.8. The van der Waals surface area contributed by atoms with E-state index in [1.54, 1.807) is 12.0 Å². The predicted octanol–water partition coefficient (Wildman–Crippen LogP) is 8.62. The molecule has 0 aromatic heterocycles. The van der Waals surface area contributed by atoms with Gasteiger partial charge in [0.15, 0.2) is 11.5 Å². The van der Waals surface area contributed by atoms with Crippen molar-refractivity contribution >= 4 is 46.3 Å². The minimum atomic E-state index is -0.712. The molecule has 1 aromatic rings. The van der Waals surface area contributed by atoms with Gasteiger partial charge in [0.2, 0.25) is 0 Å². The Bertz CT molecular complexity index is 949. The van der Waals surface area contributed by atoms with Crippen molar-refractivity contribution in [3.8, 4) is 11.5 Å². The zero-order chi connectivity index (χ0) is 28.5. The summed E-state index contributed by atoms with van der Waals surface area (Å²) in [4.78, 5) is 25.9. The molecule has 1 heterocycles. The van der Waals surface area contributed by atoms with Crippen molar-refractivity contribution in [1.29, 1.82) is 0 Å². The summed E-state index contributed by atoms with van der Waals surface area (Å²) in [5, 5.41) is 8.68. The van der Waals surface area contributed by atoms with Crippen LogP contribution in [0.4, 0.5) is 0 Å². The Morgan fingerprint density at radius 2 is 1.64 bits per heavy atom. The number of carbonyl (C=O) groups excluding carboxylic acids is 1. The summed E-state index contributed by atoms with van der Waals surface area (Å²) in [7, 11) is 1.64. The molecule has 39 heavy (non-hydrogen) atoms. The van der Waals surface area contributed by atoms with E-state index in [1.165, 1.54) is 43.9 Å². The molecule has 1 N–H and O–H groups in total. The number of hydrogen-bond acceptors (Lipinski definition) is 6. The fourth-order valence-corrected chi connectivity index (χ4v) is 5.94. The zero-order valence-electron chi connectivity index (χ0n) is 24.0. The number of ether oxygens (including phenoxy) is 2. The van der Waals surface area contributed by atoms with Crippen LogP contribution in [0.25, 0.3) is 6.08 Å². The van der Waals surface area contributed by atoms with Gasteiger partial charge in [0.1, 0.15) is 4.32 Å². The van der Waals surface area contributed by atoms with E-state index in [9.17, 15) is 9.59 Å². The summed E-state index contributed by atoms with van der Waals surface area (Å²) in [6.07, 6.45) is 17.7. The Morgan fingerprint density at radius 1 is 1.00 bits per heavy atom. The van der Waals surface area contributed by atoms with Gasteiger partial charge in [-0.05, 0) is 56.4 Å². The highest BCUT2D eigenvalue weighted by atomic mass is 32.2. The second kappa shape index (κ2) is 19.1. The maximum absolute atomic E-state index is 13.0. The lowest BCUT2D eigenvalue weighted by Crippen LogP contribution is -2.29. The minimum absolute atomic E-state index is 0.0283. The fraction of sp³-hybridized carbons (Fsp3) is 0.645. The molecule has 1 aliphatic heterocycles. The molecule has 0 spiro atoms. The molecule has 0 radical (unpaired) electrons. The van der Waals surface area contributed by atoms with E-state index in [0.717, 1.165) is 69.1 Å². The van der Waals surface area contributed by atoms with Crippen molar-refractivity contribution in [3.63, 3.8) is 0 Å². The quantitative estimate of drug-likeness (QED) is 0.0890. The zero-order valence-corrected chi connectivity index (χ0v) is 25.7. The number of carboxylic acid groups (broad SMARTS) is 1. The van der Waals surface area contributed by atoms with Crippen molar-refractivity contribution in [2.45, 2.75) is 116 Å². The van der Waals surface area contributed by atoms with Crippen LogP contribution in [0.15, 0.2) is 23.1 Å². The molecule has 1 aliphatic rings. The molecule has 8 heteroatoms. The monoisotopic (exact) mass is 577 g/mol. The van der Waals surface area contributed by atoms with Crippen molar-refractivity contribution in [3.05, 3.63) is 28.7 Å². The number of methoxy groups -OCH3 is 1. The van der Waals surface area contributed by atoms with Gasteiger partial charge in [-0.2, -0.15) is 0 Å². The van der Waals surface area contributed by atoms with Crippen LogP contribution in [0.5, 0.6) is 11.5 Å². The number of carboxylic acids is 1. The van der Waals surface area contributed by atoms with Crippen molar-refractivity contribution in [2.75, 3.05) is 13.7 Å². The predicted molar refractivity (Wildman–Crippen MR) is 166 cm³/mol. The molecule has 0 saturated carbocycles. The Kier molecular flexibility index (Phi) is 16.2. The van der Waals surface area contributed by atoms with E-state index in [-0.39, 0.29) is 18.4 Å². The van der Waals surface area contributed by atoms with E-state index in [4.69, 9.17) is 26.8 Å². The van der Waals surface area contributed by atoms with Gasteiger partial charge >= 0.3 is 5.97 Å². The number of thiocarbonyl (C=S) groups is 1. The number of carbonyl (C=O) groups is 2. The Hall–Kier alpha value is -2.06. The van der Waals surface area contributed by atoms with Crippen molar-refractivity contribution in [2.24, 2.45) is 0 Å². The van der Waals surface area contributed by atoms with Gasteiger partial charge in [-0.3, -0.25) is 14.5 Å². The summed E-state index contributed by atoms with van der Waals surface area (Å²) >= 11 is 6.86. The normalized spacial score (nSPS) is 15.3. The van der Waals surface area contributed by atoms with Gasteiger partial charge in [0.25, 0.3) is 5.91 Å². The van der Waals surface area contributed by atoms with Crippen molar-refractivity contribution in [1.82, 2.24) is 4.90 Å². The van der Waals surface area contributed by atoms with Gasteiger partial charge in [-0.1, -0.05) is 101 Å². The topological polar surface area (TPSA) is 76.1 Å². The average molecular weight is 578 g/mol. The molecule has 1 aromatic carbocycles. The number of unbranched alkanes of at least 4 members (excludes halogenated alkanes) is 11. The van der Waals surface area contributed by atoms with Gasteiger partial charge < -0.3 is 14.6 Å². The lowest BCUT2D eigenvalue weighted by Gasteiger charge is -2.17. The Balaban J connectivity index is 1.78. The number of hydrogen-bond donors (Lipinski definition) is 1. The lowest BCUT2D eigenvalue weighted by molar-refractivity contribution is -0.137. The van der Waals surface area contributed by atoms with Crippen molar-refractivity contribution < 1.29 is 24.2 Å². The minimum Gasteiger partial charge on any atom is -0.493 e. The third-order valence-electron chi connectivity index (χ3n) is 6.92. The average Bonchev–Trinajstić information content (AvgIpc) is 3.17. The molecule has 1 unspecified atom stereocenters. The SMILES string of the molecule is CCCCCCCC(C)Oc1ccc(/C=C2/SC(=S)N(CCCCCCCCCCC(=O)O)C2=O)cc1OC. The van der Waals surface area contributed by atoms with Gasteiger partial charge in [0, 0.05) is 13.0 Å². The van der Waals surface area contributed by atoms with E-state index >= 15 is 0 Å². The van der Waals surface area contributed by atoms with E-state index < -0.39 is 5.97 Å². The number of thioether (sulfide) groups is 1. The molecule has 0 aliphatic carbocycles. The molecular weight excluding hydrogens is 530 g/mol. The smallest absolute Gasteiger partial charge is 0.303 e. The molecule has 1 saturated heterocycles. The first-order valence-corrected chi connectivity index (χ1v) is 15.9. The van der Waals surface area contributed by atoms with Crippen LogP contribution in [0.1, 0.15) is 116 Å². The molecule has 0 bridgehead atoms. The highest BCUT2D eigenvalue weighted by Gasteiger charge is 2.31. The van der Waals surface area contributed by atoms with Crippen LogP contribution in [-0.4, -0.2) is 46.0 Å². The van der Waals surface area contributed by atoms with Crippen LogP contribution in [-0.2, 0) is 9.59 Å². The highest BCUT2D eigenvalue weighted by Crippen LogP contribution is 2.35. The van der Waals surface area contributed by atoms with E-state index in [1.807, 2.05) is 24.3 Å². The molecule has 2 rings (SSSR count). The van der Waals surface area contributed by atoms with Crippen LogP contribution in [0.2, 0.25) is 0 Å². The maximum atomic E-state index is 13.0. The first-order valence-electron chi connectivity index (χ1n) is 14.7. The highest BCUT2D eigenvalue weighted by molar-refractivity contribution is 8.26. The molecular formula is C31H47NO5S2. The van der Waals surface area contributed by atoms with E-state index in [2.05, 4.69) is 13.8 Å². The third-order valence-corrected chi connectivity index (χ3v) is 8.30. The first-order chi connectivity index (χ1) is 18.8. The maximum Gasteiger partial charge on any atom is 0.303 e. The van der Waals surface area contributed by atoms with Gasteiger partial charge in [-0.15, -0.1) is 0 Å². The summed E-state index contributed by atoms with van der Waals surface area (Å²) < 4.78 is 12.4. The number of nitrogens with zero attached hydrogens (tertiary/aromatic N) is 1. The molecule has 1 atom stereocenters. The standard InChI is InChI=1S/C31H47NO5S2/c1-4-5-6-11-14-17-24(2)37-26-20-19-25(22-27(26)36-3)23-28-30(35)32(31(38)39-28)21-16-13-10-8-7-9-12-15-18-29(33)34/h19-20,22-24H,4-18,21H2,1-3H3,(H,33,34)/b28-23+. The molecule has 1 amide bonds. The first kappa shape index (κ1) is 33.1. The summed E-state index contributed by atoms with van der Waals surface area (Å²) in [5.41, 5.74) is 0.885. The number of benzene rings is 1. The van der Waals surface area contributed by atoms with Gasteiger partial charge in [-0.25, -0.2) is 0 Å². The Labute approximate surface area is 244 Å². The van der Waals surface area contributed by atoms with Crippen LogP contribution in [0.3, 0.4) is 0 Å². The largest absolute Gasteiger partial charge is 0.493 e. The van der Waals surface area contributed by atoms with Crippen LogP contribution < -0.4 is 9.47 Å². The number of rotatable bonds is 21. The Morgan fingerprint density at radius 3 is 2.31 bits per heavy atom. The fourth-order valence-electron chi connectivity index (χ4n) is 4.63. The molecule has 1 fully saturated rings. The lowest BCUT2D eigenvalue weighted by atomic mass is 10.1. The summed E-state index contributed by atoms with van der Waals surface area (Å²) in [6.45, 7) is 4.97. The van der Waals surface area contributed by atoms with E-state index in [0.29, 0.717) is 21.5 Å². The molecule has 218 valence electrons. The van der Waals surface area contributed by atoms with Gasteiger partial charge in [0.05, 0.1) is 18.1 Å². The number of aliphatic carboxylic acids is 1.